The van der Waals surface area contributed by atoms with Crippen LogP contribution in [0.2, 0.25) is 0 Å². The zero-order valence-corrected chi connectivity index (χ0v) is 13.2. The monoisotopic (exact) mass is 288 g/mol. The quantitative estimate of drug-likeness (QED) is 0.864. The van der Waals surface area contributed by atoms with Crippen molar-refractivity contribution >= 4 is 0 Å². The van der Waals surface area contributed by atoms with E-state index in [4.69, 9.17) is 9.47 Å². The highest BCUT2D eigenvalue weighted by Crippen LogP contribution is 2.45. The van der Waals surface area contributed by atoms with Gasteiger partial charge in [-0.05, 0) is 32.1 Å². The summed E-state index contributed by atoms with van der Waals surface area (Å²) in [5.74, 6) is 2.16. The molecule has 0 aromatic heterocycles. The smallest absolute Gasteiger partial charge is 0.164 e. The maximum absolute atomic E-state index is 5.69. The highest BCUT2D eigenvalue weighted by Gasteiger charge is 2.38. The van der Waals surface area contributed by atoms with Gasteiger partial charge in [0, 0.05) is 30.1 Å². The van der Waals surface area contributed by atoms with Gasteiger partial charge in [0.1, 0.15) is 0 Å². The van der Waals surface area contributed by atoms with Crippen LogP contribution in [0.15, 0.2) is 24.3 Å². The van der Waals surface area contributed by atoms with Gasteiger partial charge in [-0.15, -0.1) is 0 Å². The van der Waals surface area contributed by atoms with Gasteiger partial charge in [0.25, 0.3) is 0 Å². The normalized spacial score (nSPS) is 27.2. The molecule has 3 rings (SSSR count). The number of hydrogen-bond donors (Lipinski definition) is 1. The van der Waals surface area contributed by atoms with Crippen molar-refractivity contribution in [1.29, 1.82) is 0 Å². The number of fused-ring (bicyclic) bond motifs is 3. The minimum absolute atomic E-state index is 0.410. The van der Waals surface area contributed by atoms with Crippen LogP contribution in [0.1, 0.15) is 23.5 Å². The average molecular weight is 288 g/mol. The molecule has 4 heteroatoms. The average Bonchev–Trinajstić information content (AvgIpc) is 2.52. The second kappa shape index (κ2) is 5.70. The summed E-state index contributed by atoms with van der Waals surface area (Å²) in [5.41, 5.74) is 2.64. The third-order valence-electron chi connectivity index (χ3n) is 4.69. The summed E-state index contributed by atoms with van der Waals surface area (Å²) < 4.78 is 11.2. The Labute approximate surface area is 126 Å². The van der Waals surface area contributed by atoms with Crippen LogP contribution in [0, 0.1) is 0 Å². The molecular weight excluding hydrogens is 264 g/mol. The predicted octanol–water partition coefficient (Wildman–Crippen LogP) is 2.15. The van der Waals surface area contributed by atoms with Crippen LogP contribution < -0.4 is 14.8 Å². The maximum Gasteiger partial charge on any atom is 0.164 e. The van der Waals surface area contributed by atoms with Gasteiger partial charge < -0.3 is 19.7 Å². The van der Waals surface area contributed by atoms with Crippen molar-refractivity contribution in [3.8, 4) is 11.5 Å². The standard InChI is InChI=1S/C17H24N2O2/c1-19(2)13-7-5-6-12-15-11(10-18-16(12)13)8-9-14(20-3)17(15)21-4/h5,7-9,12-13,16,18H,6,10H2,1-4H3/t12-,13-,16?/m0/s1. The lowest BCUT2D eigenvalue weighted by atomic mass is 9.75. The summed E-state index contributed by atoms with van der Waals surface area (Å²) in [5, 5.41) is 3.71. The van der Waals surface area contributed by atoms with Gasteiger partial charge in [-0.3, -0.25) is 0 Å². The summed E-state index contributed by atoms with van der Waals surface area (Å²) in [6, 6.07) is 4.98. The van der Waals surface area contributed by atoms with E-state index in [0.717, 1.165) is 24.5 Å². The van der Waals surface area contributed by atoms with Crippen molar-refractivity contribution in [3.63, 3.8) is 0 Å². The van der Waals surface area contributed by atoms with Crippen molar-refractivity contribution in [2.45, 2.75) is 31.0 Å². The van der Waals surface area contributed by atoms with E-state index in [1.165, 1.54) is 11.1 Å². The Bertz CT molecular complexity index is 554. The zero-order chi connectivity index (χ0) is 15.0. The summed E-state index contributed by atoms with van der Waals surface area (Å²) >= 11 is 0. The lowest BCUT2D eigenvalue weighted by Crippen LogP contribution is -2.53. The van der Waals surface area contributed by atoms with Crippen LogP contribution in [0.4, 0.5) is 0 Å². The maximum atomic E-state index is 5.69. The number of nitrogens with one attached hydrogen (secondary N) is 1. The van der Waals surface area contributed by atoms with Crippen LogP contribution in [0.25, 0.3) is 0 Å². The van der Waals surface area contributed by atoms with Crippen molar-refractivity contribution in [2.75, 3.05) is 28.3 Å². The minimum atomic E-state index is 0.410. The second-order valence-corrected chi connectivity index (χ2v) is 6.01. The topological polar surface area (TPSA) is 33.7 Å². The molecule has 0 bridgehead atoms. The van der Waals surface area contributed by atoms with E-state index in [-0.39, 0.29) is 0 Å². The van der Waals surface area contributed by atoms with Crippen molar-refractivity contribution < 1.29 is 9.47 Å². The molecule has 4 nitrogen and oxygen atoms in total. The molecule has 3 atom stereocenters. The Morgan fingerprint density at radius 1 is 1.19 bits per heavy atom. The van der Waals surface area contributed by atoms with Crippen molar-refractivity contribution in [3.05, 3.63) is 35.4 Å². The first-order valence-corrected chi connectivity index (χ1v) is 7.47. The Hall–Kier alpha value is -1.52. The highest BCUT2D eigenvalue weighted by atomic mass is 16.5. The summed E-state index contributed by atoms with van der Waals surface area (Å²) in [4.78, 5) is 2.28. The van der Waals surface area contributed by atoms with Gasteiger partial charge >= 0.3 is 0 Å². The molecular formula is C17H24N2O2. The van der Waals surface area contributed by atoms with E-state index in [2.05, 4.69) is 42.5 Å². The number of nitrogens with zero attached hydrogens (tertiary/aromatic N) is 1. The summed E-state index contributed by atoms with van der Waals surface area (Å²) in [7, 11) is 7.71. The van der Waals surface area contributed by atoms with E-state index in [1.807, 2.05) is 6.07 Å². The van der Waals surface area contributed by atoms with E-state index in [9.17, 15) is 0 Å². The van der Waals surface area contributed by atoms with Gasteiger partial charge in [0.05, 0.1) is 14.2 Å². The lowest BCUT2D eigenvalue weighted by Gasteiger charge is -2.43. The molecule has 21 heavy (non-hydrogen) atoms. The van der Waals surface area contributed by atoms with E-state index in [1.54, 1.807) is 14.2 Å². The van der Waals surface area contributed by atoms with Gasteiger partial charge in [-0.2, -0.15) is 0 Å². The largest absolute Gasteiger partial charge is 0.493 e. The molecule has 1 unspecified atom stereocenters. The van der Waals surface area contributed by atoms with Crippen LogP contribution in [-0.4, -0.2) is 45.3 Å². The molecule has 0 spiro atoms. The second-order valence-electron chi connectivity index (χ2n) is 6.01. The lowest BCUT2D eigenvalue weighted by molar-refractivity contribution is 0.222. The summed E-state index contributed by atoms with van der Waals surface area (Å²) in [6.45, 7) is 0.884. The molecule has 0 amide bonds. The molecule has 0 saturated carbocycles. The minimum Gasteiger partial charge on any atom is -0.493 e. The Morgan fingerprint density at radius 3 is 2.67 bits per heavy atom. The molecule has 1 aliphatic carbocycles. The fourth-order valence-electron chi connectivity index (χ4n) is 3.70. The molecule has 114 valence electrons. The van der Waals surface area contributed by atoms with Crippen LogP contribution >= 0.6 is 0 Å². The fraction of sp³-hybridized carbons (Fsp3) is 0.529. The van der Waals surface area contributed by atoms with E-state index < -0.39 is 0 Å². The molecule has 1 aromatic carbocycles. The molecule has 2 aliphatic rings. The molecule has 1 aromatic rings. The molecule has 0 radical (unpaired) electrons. The van der Waals surface area contributed by atoms with Crippen molar-refractivity contribution in [1.82, 2.24) is 10.2 Å². The predicted molar refractivity (Wildman–Crippen MR) is 84.1 cm³/mol. The Morgan fingerprint density at radius 2 is 2.00 bits per heavy atom. The molecule has 1 N–H and O–H groups in total. The van der Waals surface area contributed by atoms with Crippen molar-refractivity contribution in [2.24, 2.45) is 0 Å². The van der Waals surface area contributed by atoms with Crippen LogP contribution in [-0.2, 0) is 6.54 Å². The van der Waals surface area contributed by atoms with E-state index in [0.29, 0.717) is 18.0 Å². The number of benzene rings is 1. The number of hydrogen-bond acceptors (Lipinski definition) is 4. The number of allylic oxidation sites excluding steroid dienone is 1. The number of likely N-dealkylation sites (N-methyl/N-ethyl adjacent to an activating group) is 1. The molecule has 1 aliphatic heterocycles. The first-order chi connectivity index (χ1) is 10.2. The first kappa shape index (κ1) is 14.4. The van der Waals surface area contributed by atoms with Gasteiger partial charge in [0.15, 0.2) is 11.5 Å². The number of rotatable bonds is 3. The van der Waals surface area contributed by atoms with Crippen LogP contribution in [0.3, 0.4) is 0 Å². The summed E-state index contributed by atoms with van der Waals surface area (Å²) in [6.07, 6.45) is 5.64. The van der Waals surface area contributed by atoms with Crippen LogP contribution in [0.5, 0.6) is 11.5 Å². The zero-order valence-electron chi connectivity index (χ0n) is 13.2. The molecule has 1 heterocycles. The third kappa shape index (κ3) is 2.32. The van der Waals surface area contributed by atoms with Gasteiger partial charge in [-0.1, -0.05) is 18.2 Å². The Kier molecular flexibility index (Phi) is 3.91. The molecule has 0 saturated heterocycles. The van der Waals surface area contributed by atoms with Gasteiger partial charge in [-0.25, -0.2) is 0 Å². The number of methoxy groups -OCH3 is 2. The number of ether oxygens (including phenoxy) is 2. The van der Waals surface area contributed by atoms with Gasteiger partial charge in [0.2, 0.25) is 0 Å². The SMILES string of the molecule is COc1ccc2c(c1OC)[C@@H]1CC=C[C@H](N(C)C)C1NC2. The third-order valence-corrected chi connectivity index (χ3v) is 4.69. The molecule has 0 fully saturated rings. The van der Waals surface area contributed by atoms with E-state index >= 15 is 0 Å². The first-order valence-electron chi connectivity index (χ1n) is 7.47. The fourth-order valence-corrected chi connectivity index (χ4v) is 3.70. The Balaban J connectivity index is 2.08. The highest BCUT2D eigenvalue weighted by molar-refractivity contribution is 5.54.